The van der Waals surface area contributed by atoms with Gasteiger partial charge in [0.2, 0.25) is 0 Å². The number of nitrogens with zero attached hydrogens (tertiary/aromatic N) is 1. The van der Waals surface area contributed by atoms with Crippen molar-refractivity contribution in [3.8, 4) is 0 Å². The van der Waals surface area contributed by atoms with Crippen LogP contribution in [0.15, 0.2) is 39.4 Å². The van der Waals surface area contributed by atoms with Crippen molar-refractivity contribution in [3.63, 3.8) is 0 Å². The molecule has 0 spiro atoms. The quantitative estimate of drug-likeness (QED) is 0.487. The van der Waals surface area contributed by atoms with Crippen molar-refractivity contribution in [3.05, 3.63) is 56.4 Å². The highest BCUT2D eigenvalue weighted by Crippen LogP contribution is 2.29. The molecule has 0 saturated carbocycles. The highest BCUT2D eigenvalue weighted by atomic mass is 79.9. The summed E-state index contributed by atoms with van der Waals surface area (Å²) in [6.07, 6.45) is 3.51. The minimum atomic E-state index is -0.208. The van der Waals surface area contributed by atoms with E-state index in [4.69, 9.17) is 12.2 Å². The van der Waals surface area contributed by atoms with Crippen molar-refractivity contribution in [2.75, 3.05) is 11.9 Å². The van der Waals surface area contributed by atoms with Crippen LogP contribution in [0.5, 0.6) is 0 Å². The predicted molar refractivity (Wildman–Crippen MR) is 103 cm³/mol. The number of aryl methyl sites for hydroxylation is 1. The van der Waals surface area contributed by atoms with E-state index in [-0.39, 0.29) is 5.82 Å². The SMILES string of the molecule is Cc1c(Br)cnc(NC(=S)NCCCc2ccc(F)cc2)c1Br. The maximum atomic E-state index is 12.8. The lowest BCUT2D eigenvalue weighted by atomic mass is 10.1. The zero-order valence-corrected chi connectivity index (χ0v) is 16.5. The molecule has 1 aromatic carbocycles. The molecule has 0 saturated heterocycles. The van der Waals surface area contributed by atoms with E-state index in [9.17, 15) is 4.39 Å². The summed E-state index contributed by atoms with van der Waals surface area (Å²) in [6, 6.07) is 6.57. The molecule has 0 bridgehead atoms. The molecular weight excluding hydrogens is 445 g/mol. The molecule has 0 unspecified atom stereocenters. The maximum absolute atomic E-state index is 12.8. The highest BCUT2D eigenvalue weighted by Gasteiger charge is 2.08. The van der Waals surface area contributed by atoms with Gasteiger partial charge in [0.25, 0.3) is 0 Å². The zero-order valence-electron chi connectivity index (χ0n) is 12.5. The summed E-state index contributed by atoms with van der Waals surface area (Å²) in [6.45, 7) is 2.72. The lowest BCUT2D eigenvalue weighted by Crippen LogP contribution is -2.30. The number of benzene rings is 1. The van der Waals surface area contributed by atoms with Crippen molar-refractivity contribution in [2.45, 2.75) is 19.8 Å². The fourth-order valence-electron chi connectivity index (χ4n) is 1.94. The Kier molecular flexibility index (Phi) is 6.92. The molecule has 0 fully saturated rings. The van der Waals surface area contributed by atoms with Gasteiger partial charge in [0.15, 0.2) is 5.11 Å². The van der Waals surface area contributed by atoms with Crippen LogP contribution >= 0.6 is 44.1 Å². The summed E-state index contributed by atoms with van der Waals surface area (Å²) in [5, 5.41) is 6.75. The van der Waals surface area contributed by atoms with E-state index in [0.29, 0.717) is 10.9 Å². The van der Waals surface area contributed by atoms with E-state index in [0.717, 1.165) is 39.5 Å². The Morgan fingerprint density at radius 2 is 1.96 bits per heavy atom. The molecule has 1 aromatic heterocycles. The van der Waals surface area contributed by atoms with Crippen LogP contribution in [0.1, 0.15) is 17.5 Å². The lowest BCUT2D eigenvalue weighted by molar-refractivity contribution is 0.626. The second kappa shape index (κ2) is 8.70. The van der Waals surface area contributed by atoms with Crippen molar-refractivity contribution in [1.82, 2.24) is 10.3 Å². The third-order valence-electron chi connectivity index (χ3n) is 3.28. The van der Waals surface area contributed by atoms with Crippen molar-refractivity contribution in [2.24, 2.45) is 0 Å². The first-order valence-corrected chi connectivity index (χ1v) is 9.06. The molecule has 2 aromatic rings. The van der Waals surface area contributed by atoms with Crippen LogP contribution in [0.2, 0.25) is 0 Å². The summed E-state index contributed by atoms with van der Waals surface area (Å²) in [5.41, 5.74) is 2.17. The largest absolute Gasteiger partial charge is 0.362 e. The van der Waals surface area contributed by atoms with Crippen LogP contribution < -0.4 is 10.6 Å². The number of thiocarbonyl (C=S) groups is 1. The Morgan fingerprint density at radius 1 is 1.26 bits per heavy atom. The van der Waals surface area contributed by atoms with Crippen molar-refractivity contribution in [1.29, 1.82) is 0 Å². The summed E-state index contributed by atoms with van der Waals surface area (Å²) in [4.78, 5) is 4.29. The molecule has 7 heteroatoms. The molecule has 0 aliphatic carbocycles. The van der Waals surface area contributed by atoms with Crippen LogP contribution in [0.25, 0.3) is 0 Å². The molecular formula is C16H16Br2FN3S. The van der Waals surface area contributed by atoms with Crippen LogP contribution in [-0.2, 0) is 6.42 Å². The van der Waals surface area contributed by atoms with Crippen LogP contribution in [0.4, 0.5) is 10.2 Å². The average molecular weight is 461 g/mol. The predicted octanol–water partition coefficient (Wildman–Crippen LogP) is 4.97. The zero-order chi connectivity index (χ0) is 16.8. The molecule has 0 aliphatic heterocycles. The molecule has 3 nitrogen and oxygen atoms in total. The lowest BCUT2D eigenvalue weighted by Gasteiger charge is -2.12. The number of rotatable bonds is 5. The highest BCUT2D eigenvalue weighted by molar-refractivity contribution is 9.11. The first-order chi connectivity index (χ1) is 11.0. The Bertz CT molecular complexity index is 692. The Hall–Kier alpha value is -1.05. The second-order valence-electron chi connectivity index (χ2n) is 5.00. The molecule has 0 radical (unpaired) electrons. The Labute approximate surface area is 157 Å². The van der Waals surface area contributed by atoms with Crippen LogP contribution in [0.3, 0.4) is 0 Å². The van der Waals surface area contributed by atoms with Crippen LogP contribution in [0, 0.1) is 12.7 Å². The molecule has 2 rings (SSSR count). The number of halogens is 3. The van der Waals surface area contributed by atoms with Gasteiger partial charge >= 0.3 is 0 Å². The molecule has 0 amide bonds. The number of pyridine rings is 1. The van der Waals surface area contributed by atoms with E-state index < -0.39 is 0 Å². The van der Waals surface area contributed by atoms with Gasteiger partial charge in [0, 0.05) is 17.2 Å². The third kappa shape index (κ3) is 5.51. The Morgan fingerprint density at radius 3 is 2.65 bits per heavy atom. The van der Waals surface area contributed by atoms with Gasteiger partial charge in [-0.3, -0.25) is 0 Å². The van der Waals surface area contributed by atoms with Gasteiger partial charge in [0.1, 0.15) is 11.6 Å². The third-order valence-corrected chi connectivity index (χ3v) is 5.29. The van der Waals surface area contributed by atoms with Gasteiger partial charge < -0.3 is 10.6 Å². The first-order valence-electron chi connectivity index (χ1n) is 7.07. The molecule has 122 valence electrons. The van der Waals surface area contributed by atoms with E-state index >= 15 is 0 Å². The van der Waals surface area contributed by atoms with Gasteiger partial charge in [-0.05, 0) is 87.1 Å². The maximum Gasteiger partial charge on any atom is 0.171 e. The molecule has 0 aliphatic rings. The van der Waals surface area contributed by atoms with Gasteiger partial charge in [0.05, 0.1) is 4.47 Å². The van der Waals surface area contributed by atoms with Crippen LogP contribution in [-0.4, -0.2) is 16.6 Å². The number of hydrogen-bond acceptors (Lipinski definition) is 2. The fourth-order valence-corrected chi connectivity index (χ4v) is 3.12. The van der Waals surface area contributed by atoms with Gasteiger partial charge in [-0.15, -0.1) is 0 Å². The van der Waals surface area contributed by atoms with Gasteiger partial charge in [-0.1, -0.05) is 12.1 Å². The summed E-state index contributed by atoms with van der Waals surface area (Å²) < 4.78 is 14.6. The Balaban J connectivity index is 1.77. The van der Waals surface area contributed by atoms with E-state index in [1.54, 1.807) is 18.3 Å². The number of anilines is 1. The summed E-state index contributed by atoms with van der Waals surface area (Å²) >= 11 is 12.2. The smallest absolute Gasteiger partial charge is 0.171 e. The standard InChI is InChI=1S/C16H16Br2FN3S/c1-10-13(17)9-21-15(14(10)18)22-16(23)20-8-2-3-11-4-6-12(19)7-5-11/h4-7,9H,2-3,8H2,1H3,(H2,20,21,22,23). The monoisotopic (exact) mass is 459 g/mol. The van der Waals surface area contributed by atoms with E-state index in [2.05, 4.69) is 47.5 Å². The molecule has 2 N–H and O–H groups in total. The topological polar surface area (TPSA) is 37.0 Å². The minimum Gasteiger partial charge on any atom is -0.362 e. The van der Waals surface area contributed by atoms with E-state index in [1.165, 1.54) is 12.1 Å². The average Bonchev–Trinajstić information content (AvgIpc) is 2.54. The van der Waals surface area contributed by atoms with Gasteiger partial charge in [-0.25, -0.2) is 9.37 Å². The fraction of sp³-hybridized carbons (Fsp3) is 0.250. The summed E-state index contributed by atoms with van der Waals surface area (Å²) in [5.74, 6) is 0.474. The number of nitrogens with one attached hydrogen (secondary N) is 2. The summed E-state index contributed by atoms with van der Waals surface area (Å²) in [7, 11) is 0. The van der Waals surface area contributed by atoms with E-state index in [1.807, 2.05) is 6.92 Å². The van der Waals surface area contributed by atoms with Crippen molar-refractivity contribution < 1.29 is 4.39 Å². The van der Waals surface area contributed by atoms with Gasteiger partial charge in [-0.2, -0.15) is 0 Å². The molecule has 23 heavy (non-hydrogen) atoms. The number of hydrogen-bond donors (Lipinski definition) is 2. The second-order valence-corrected chi connectivity index (χ2v) is 7.06. The molecule has 0 atom stereocenters. The first kappa shape index (κ1) is 18.3. The number of aromatic nitrogens is 1. The minimum absolute atomic E-state index is 0.208. The normalized spacial score (nSPS) is 10.4. The molecule has 1 heterocycles. The van der Waals surface area contributed by atoms with Crippen molar-refractivity contribution >= 4 is 55.0 Å².